The van der Waals surface area contributed by atoms with Crippen LogP contribution < -0.4 is 12.4 Å². The average molecular weight is 401 g/mol. The quantitative estimate of drug-likeness (QED) is 0.511. The maximum atomic E-state index is 12.8. The van der Waals surface area contributed by atoms with Gasteiger partial charge in [0.25, 0.3) is 0 Å². The van der Waals surface area contributed by atoms with Crippen molar-refractivity contribution in [3.8, 4) is 0 Å². The molecular weight excluding hydrogens is 374 g/mol. The van der Waals surface area contributed by atoms with Crippen molar-refractivity contribution in [2.75, 3.05) is 26.2 Å². The molecule has 28 heavy (non-hydrogen) atoms. The summed E-state index contributed by atoms with van der Waals surface area (Å²) in [7, 11) is 0. The number of Topliss-reactive ketones (excluding diaryl/α,β-unsaturated/α-hetero) is 1. The van der Waals surface area contributed by atoms with Crippen LogP contribution in [0.5, 0.6) is 0 Å². The fourth-order valence-electron chi connectivity index (χ4n) is 3.82. The molecule has 1 saturated heterocycles. The van der Waals surface area contributed by atoms with Crippen LogP contribution in [-0.4, -0.2) is 42.9 Å². The van der Waals surface area contributed by atoms with Crippen LogP contribution in [0.3, 0.4) is 0 Å². The molecule has 3 rings (SSSR count). The van der Waals surface area contributed by atoms with E-state index in [2.05, 4.69) is 4.90 Å². The first-order valence-corrected chi connectivity index (χ1v) is 9.69. The summed E-state index contributed by atoms with van der Waals surface area (Å²) in [6.07, 6.45) is 1.94. The van der Waals surface area contributed by atoms with Gasteiger partial charge in [-0.15, -0.1) is 0 Å². The summed E-state index contributed by atoms with van der Waals surface area (Å²) < 4.78 is 5.42. The smallest absolute Gasteiger partial charge is 0.316 e. The molecule has 1 heterocycles. The summed E-state index contributed by atoms with van der Waals surface area (Å²) in [6, 6.07) is 19.4. The average Bonchev–Trinajstić information content (AvgIpc) is 2.74. The summed E-state index contributed by atoms with van der Waals surface area (Å²) in [4.78, 5) is 27.4. The SMILES string of the molecule is CCOC(=O)C1(c2ccccc2)CCN(CCC(=O)c2ccccc2)CC1.[Cl-]. The highest BCUT2D eigenvalue weighted by atomic mass is 35.5. The van der Waals surface area contributed by atoms with Crippen LogP contribution in [-0.2, 0) is 14.9 Å². The van der Waals surface area contributed by atoms with Crippen molar-refractivity contribution in [3.63, 3.8) is 0 Å². The number of piperidine rings is 1. The van der Waals surface area contributed by atoms with Crippen molar-refractivity contribution in [2.24, 2.45) is 0 Å². The number of ketones is 1. The van der Waals surface area contributed by atoms with Crippen LogP contribution in [0.25, 0.3) is 0 Å². The Morgan fingerprint density at radius 1 is 0.964 bits per heavy atom. The van der Waals surface area contributed by atoms with Crippen LogP contribution >= 0.6 is 0 Å². The maximum Gasteiger partial charge on any atom is 0.316 e. The first-order chi connectivity index (χ1) is 13.2. The molecule has 0 radical (unpaired) electrons. The van der Waals surface area contributed by atoms with E-state index in [0.29, 0.717) is 13.0 Å². The Bertz CT molecular complexity index is 756. The number of hydrogen-bond acceptors (Lipinski definition) is 4. The fraction of sp³-hybridized carbons (Fsp3) is 0.391. The van der Waals surface area contributed by atoms with Gasteiger partial charge in [-0.1, -0.05) is 60.7 Å². The minimum Gasteiger partial charge on any atom is -1.00 e. The molecule has 1 aliphatic rings. The standard InChI is InChI=1S/C23H27NO3.ClH/c1-2-27-22(26)23(20-11-7-4-8-12-20)14-17-24(18-15-23)16-13-21(25)19-9-5-3-6-10-19;/h3-12H,2,13-18H2,1H3;1H/p-1. The lowest BCUT2D eigenvalue weighted by molar-refractivity contribution is -0.152. The number of likely N-dealkylation sites (tertiary alicyclic amines) is 1. The predicted octanol–water partition coefficient (Wildman–Crippen LogP) is 0.860. The number of benzene rings is 2. The fourth-order valence-corrected chi connectivity index (χ4v) is 3.82. The zero-order chi connectivity index (χ0) is 19.1. The van der Waals surface area contributed by atoms with Crippen LogP contribution in [0.4, 0.5) is 0 Å². The van der Waals surface area contributed by atoms with Gasteiger partial charge in [0.1, 0.15) is 0 Å². The van der Waals surface area contributed by atoms with E-state index in [1.807, 2.05) is 67.6 Å². The minimum absolute atomic E-state index is 0. The van der Waals surface area contributed by atoms with E-state index in [-0.39, 0.29) is 24.2 Å². The molecule has 0 aromatic heterocycles. The normalized spacial score (nSPS) is 16.0. The number of esters is 1. The van der Waals surface area contributed by atoms with Gasteiger partial charge in [-0.05, 0) is 38.4 Å². The van der Waals surface area contributed by atoms with Gasteiger partial charge in [-0.2, -0.15) is 0 Å². The number of nitrogens with zero attached hydrogens (tertiary/aromatic N) is 1. The van der Waals surface area contributed by atoms with E-state index in [0.717, 1.165) is 43.6 Å². The lowest BCUT2D eigenvalue weighted by atomic mass is 9.72. The third-order valence-electron chi connectivity index (χ3n) is 5.45. The van der Waals surface area contributed by atoms with Crippen LogP contribution in [0.15, 0.2) is 60.7 Å². The van der Waals surface area contributed by atoms with Crippen molar-refractivity contribution in [2.45, 2.75) is 31.6 Å². The Hall–Kier alpha value is -2.17. The zero-order valence-electron chi connectivity index (χ0n) is 16.3. The van der Waals surface area contributed by atoms with E-state index in [1.54, 1.807) is 0 Å². The molecule has 1 fully saturated rings. The highest BCUT2D eigenvalue weighted by Crippen LogP contribution is 2.37. The number of halogens is 1. The Kier molecular flexibility index (Phi) is 8.21. The van der Waals surface area contributed by atoms with Gasteiger partial charge in [0.2, 0.25) is 0 Å². The van der Waals surface area contributed by atoms with Crippen molar-refractivity contribution in [3.05, 3.63) is 71.8 Å². The van der Waals surface area contributed by atoms with Gasteiger partial charge < -0.3 is 22.0 Å². The zero-order valence-corrected chi connectivity index (χ0v) is 17.0. The Labute approximate surface area is 173 Å². The topological polar surface area (TPSA) is 46.6 Å². The number of rotatable bonds is 7. The molecule has 0 amide bonds. The van der Waals surface area contributed by atoms with Crippen LogP contribution in [0, 0.1) is 0 Å². The third kappa shape index (κ3) is 5.00. The maximum absolute atomic E-state index is 12.8. The monoisotopic (exact) mass is 400 g/mol. The summed E-state index contributed by atoms with van der Waals surface area (Å²) in [6.45, 7) is 4.54. The van der Waals surface area contributed by atoms with Gasteiger partial charge in [-0.25, -0.2) is 0 Å². The van der Waals surface area contributed by atoms with E-state index in [4.69, 9.17) is 4.74 Å². The molecular formula is C23H27ClNO3-. The van der Waals surface area contributed by atoms with Gasteiger partial charge in [0, 0.05) is 18.5 Å². The summed E-state index contributed by atoms with van der Waals surface area (Å²) in [5.41, 5.74) is 1.22. The van der Waals surface area contributed by atoms with E-state index < -0.39 is 5.41 Å². The lowest BCUT2D eigenvalue weighted by Gasteiger charge is -2.40. The molecule has 0 aliphatic carbocycles. The Morgan fingerprint density at radius 2 is 1.54 bits per heavy atom. The molecule has 2 aromatic rings. The van der Waals surface area contributed by atoms with Gasteiger partial charge in [0.05, 0.1) is 12.0 Å². The van der Waals surface area contributed by atoms with Crippen molar-refractivity contribution >= 4 is 11.8 Å². The highest BCUT2D eigenvalue weighted by molar-refractivity contribution is 5.96. The Morgan fingerprint density at radius 3 is 2.11 bits per heavy atom. The van der Waals surface area contributed by atoms with Gasteiger partial charge >= 0.3 is 5.97 Å². The molecule has 0 atom stereocenters. The number of carbonyl (C=O) groups excluding carboxylic acids is 2. The minimum atomic E-state index is -0.572. The second-order valence-electron chi connectivity index (χ2n) is 7.05. The van der Waals surface area contributed by atoms with Gasteiger partial charge in [-0.3, -0.25) is 9.59 Å². The van der Waals surface area contributed by atoms with Crippen molar-refractivity contribution in [1.29, 1.82) is 0 Å². The summed E-state index contributed by atoms with van der Waals surface area (Å²) in [5, 5.41) is 0. The van der Waals surface area contributed by atoms with Crippen molar-refractivity contribution in [1.82, 2.24) is 4.90 Å². The molecule has 0 spiro atoms. The van der Waals surface area contributed by atoms with E-state index in [1.165, 1.54) is 0 Å². The lowest BCUT2D eigenvalue weighted by Crippen LogP contribution is -3.00. The van der Waals surface area contributed by atoms with Crippen LogP contribution in [0.2, 0.25) is 0 Å². The number of carbonyl (C=O) groups is 2. The van der Waals surface area contributed by atoms with Crippen LogP contribution in [0.1, 0.15) is 42.1 Å². The molecule has 5 heteroatoms. The molecule has 0 N–H and O–H groups in total. The molecule has 150 valence electrons. The second kappa shape index (κ2) is 10.4. The van der Waals surface area contributed by atoms with Crippen molar-refractivity contribution < 1.29 is 26.7 Å². The molecule has 0 bridgehead atoms. The largest absolute Gasteiger partial charge is 1.00 e. The highest BCUT2D eigenvalue weighted by Gasteiger charge is 2.44. The van der Waals surface area contributed by atoms with Gasteiger partial charge in [0.15, 0.2) is 5.78 Å². The van der Waals surface area contributed by atoms with E-state index >= 15 is 0 Å². The molecule has 0 saturated carbocycles. The predicted molar refractivity (Wildman–Crippen MR) is 106 cm³/mol. The second-order valence-corrected chi connectivity index (χ2v) is 7.05. The third-order valence-corrected chi connectivity index (χ3v) is 5.45. The first kappa shape index (κ1) is 22.1. The first-order valence-electron chi connectivity index (χ1n) is 9.69. The summed E-state index contributed by atoms with van der Waals surface area (Å²) in [5.74, 6) is 0.0390. The molecule has 2 aromatic carbocycles. The van der Waals surface area contributed by atoms with E-state index in [9.17, 15) is 9.59 Å². The summed E-state index contributed by atoms with van der Waals surface area (Å²) >= 11 is 0. The molecule has 1 aliphatic heterocycles. The molecule has 4 nitrogen and oxygen atoms in total. The number of hydrogen-bond donors (Lipinski definition) is 0. The number of ether oxygens (including phenoxy) is 1. The molecule has 0 unspecified atom stereocenters. The Balaban J connectivity index is 0.00000280.